The number of piperidine rings is 1. The van der Waals surface area contributed by atoms with Crippen molar-refractivity contribution in [3.63, 3.8) is 0 Å². The van der Waals surface area contributed by atoms with Gasteiger partial charge in [0.05, 0.1) is 12.7 Å². The van der Waals surface area contributed by atoms with Crippen molar-refractivity contribution in [3.05, 3.63) is 29.8 Å². The molecule has 2 aliphatic rings. The van der Waals surface area contributed by atoms with E-state index in [-0.39, 0.29) is 6.10 Å². The number of fused-ring (bicyclic) bond motifs is 1. The molecule has 0 spiro atoms. The summed E-state index contributed by atoms with van der Waals surface area (Å²) in [4.78, 5) is 2.35. The molecule has 0 unspecified atom stereocenters. The van der Waals surface area contributed by atoms with Crippen molar-refractivity contribution < 1.29 is 9.84 Å². The molecule has 1 fully saturated rings. The molecule has 134 valence electrons. The van der Waals surface area contributed by atoms with Gasteiger partial charge < -0.3 is 25.4 Å². The zero-order chi connectivity index (χ0) is 16.8. The minimum atomic E-state index is -0.376. The lowest BCUT2D eigenvalue weighted by Gasteiger charge is -2.35. The standard InChI is InChI=1S/C19H31N3O2/c1-24-14-16(23)13-22-11-8-15(9-12-22)21-19-7-4-10-20-18-6-3-2-5-17(18)19/h2-3,5-6,15-16,19-21,23H,4,7-14H2,1H3/t16-,19-/m0/s1. The molecular weight excluding hydrogens is 302 g/mol. The van der Waals surface area contributed by atoms with Gasteiger partial charge in [-0.25, -0.2) is 0 Å². The van der Waals surface area contributed by atoms with Gasteiger partial charge >= 0.3 is 0 Å². The van der Waals surface area contributed by atoms with E-state index in [1.165, 1.54) is 24.1 Å². The molecule has 0 bridgehead atoms. The number of aliphatic hydroxyl groups excluding tert-OH is 1. The minimum Gasteiger partial charge on any atom is -0.389 e. The summed E-state index contributed by atoms with van der Waals surface area (Å²) in [5.74, 6) is 0. The van der Waals surface area contributed by atoms with E-state index in [4.69, 9.17) is 4.74 Å². The second-order valence-corrected chi connectivity index (χ2v) is 7.06. The van der Waals surface area contributed by atoms with E-state index in [1.54, 1.807) is 7.11 Å². The number of likely N-dealkylation sites (tertiary alicyclic amines) is 1. The molecule has 2 heterocycles. The van der Waals surface area contributed by atoms with Crippen molar-refractivity contribution in [2.75, 3.05) is 45.2 Å². The molecule has 2 aliphatic heterocycles. The van der Waals surface area contributed by atoms with Crippen LogP contribution in [-0.4, -0.2) is 62.0 Å². The molecule has 0 amide bonds. The Morgan fingerprint density at radius 1 is 1.29 bits per heavy atom. The quantitative estimate of drug-likeness (QED) is 0.743. The second-order valence-electron chi connectivity index (χ2n) is 7.06. The topological polar surface area (TPSA) is 56.8 Å². The fourth-order valence-electron chi connectivity index (χ4n) is 3.93. The van der Waals surface area contributed by atoms with Crippen LogP contribution in [0.3, 0.4) is 0 Å². The molecule has 0 saturated carbocycles. The van der Waals surface area contributed by atoms with E-state index in [2.05, 4.69) is 39.8 Å². The summed E-state index contributed by atoms with van der Waals surface area (Å²) >= 11 is 0. The van der Waals surface area contributed by atoms with Gasteiger partial charge in [-0.3, -0.25) is 0 Å². The second kappa shape index (κ2) is 8.81. The highest BCUT2D eigenvalue weighted by Crippen LogP contribution is 2.30. The third-order valence-electron chi connectivity index (χ3n) is 5.17. The van der Waals surface area contributed by atoms with Crippen LogP contribution in [0.15, 0.2) is 24.3 Å². The SMILES string of the molecule is COC[C@@H](O)CN1CCC(N[C@H]2CCCNc3ccccc32)CC1. The van der Waals surface area contributed by atoms with E-state index in [0.29, 0.717) is 18.7 Å². The van der Waals surface area contributed by atoms with Gasteiger partial charge in [0, 0.05) is 38.0 Å². The fraction of sp³-hybridized carbons (Fsp3) is 0.684. The van der Waals surface area contributed by atoms with Crippen LogP contribution in [0.1, 0.15) is 37.3 Å². The third-order valence-corrected chi connectivity index (χ3v) is 5.17. The number of nitrogens with one attached hydrogen (secondary N) is 2. The first-order valence-corrected chi connectivity index (χ1v) is 9.24. The summed E-state index contributed by atoms with van der Waals surface area (Å²) in [7, 11) is 1.64. The number of aliphatic hydroxyl groups is 1. The summed E-state index contributed by atoms with van der Waals surface area (Å²) < 4.78 is 5.02. The number of rotatable bonds is 6. The van der Waals surface area contributed by atoms with Crippen molar-refractivity contribution >= 4 is 5.69 Å². The lowest BCUT2D eigenvalue weighted by Crippen LogP contribution is -2.46. The highest BCUT2D eigenvalue weighted by Gasteiger charge is 2.25. The molecular formula is C19H31N3O2. The first kappa shape index (κ1) is 17.7. The highest BCUT2D eigenvalue weighted by molar-refractivity contribution is 5.53. The van der Waals surface area contributed by atoms with Gasteiger partial charge in [-0.15, -0.1) is 0 Å². The van der Waals surface area contributed by atoms with Crippen LogP contribution in [-0.2, 0) is 4.74 Å². The number of benzene rings is 1. The minimum absolute atomic E-state index is 0.376. The van der Waals surface area contributed by atoms with Crippen LogP contribution >= 0.6 is 0 Å². The Balaban J connectivity index is 1.51. The van der Waals surface area contributed by atoms with Crippen molar-refractivity contribution in [3.8, 4) is 0 Å². The van der Waals surface area contributed by atoms with Crippen molar-refractivity contribution in [2.45, 2.75) is 43.9 Å². The third kappa shape index (κ3) is 4.70. The molecule has 24 heavy (non-hydrogen) atoms. The van der Waals surface area contributed by atoms with Gasteiger partial charge in [0.25, 0.3) is 0 Å². The van der Waals surface area contributed by atoms with E-state index in [1.807, 2.05) is 0 Å². The average molecular weight is 333 g/mol. The Hall–Kier alpha value is -1.14. The van der Waals surface area contributed by atoms with Gasteiger partial charge in [-0.05, 0) is 50.4 Å². The smallest absolute Gasteiger partial charge is 0.0900 e. The predicted octanol–water partition coefficient (Wildman–Crippen LogP) is 1.99. The number of hydrogen-bond acceptors (Lipinski definition) is 5. The van der Waals surface area contributed by atoms with Crippen LogP contribution in [0.5, 0.6) is 0 Å². The fourth-order valence-corrected chi connectivity index (χ4v) is 3.93. The summed E-state index contributed by atoms with van der Waals surface area (Å²) in [6.07, 6.45) is 4.31. The largest absolute Gasteiger partial charge is 0.389 e. The Labute approximate surface area is 145 Å². The molecule has 0 aliphatic carbocycles. The maximum absolute atomic E-state index is 9.88. The molecule has 1 aromatic carbocycles. The highest BCUT2D eigenvalue weighted by atomic mass is 16.5. The summed E-state index contributed by atoms with van der Waals surface area (Å²) in [5, 5.41) is 17.3. The van der Waals surface area contributed by atoms with Gasteiger partial charge in [0.15, 0.2) is 0 Å². The van der Waals surface area contributed by atoms with Crippen LogP contribution in [0.4, 0.5) is 5.69 Å². The Morgan fingerprint density at radius 2 is 2.08 bits per heavy atom. The van der Waals surface area contributed by atoms with Gasteiger partial charge in [0.1, 0.15) is 0 Å². The Morgan fingerprint density at radius 3 is 2.88 bits per heavy atom. The Kier molecular flexibility index (Phi) is 6.49. The van der Waals surface area contributed by atoms with Crippen LogP contribution in [0, 0.1) is 0 Å². The molecule has 1 saturated heterocycles. The first-order valence-electron chi connectivity index (χ1n) is 9.24. The van der Waals surface area contributed by atoms with Crippen molar-refractivity contribution in [1.29, 1.82) is 0 Å². The molecule has 1 aromatic rings. The predicted molar refractivity (Wildman–Crippen MR) is 97.4 cm³/mol. The number of nitrogens with zero attached hydrogens (tertiary/aromatic N) is 1. The average Bonchev–Trinajstić information content (AvgIpc) is 2.79. The number of ether oxygens (including phenoxy) is 1. The molecule has 5 nitrogen and oxygen atoms in total. The van der Waals surface area contributed by atoms with Crippen LogP contribution in [0.25, 0.3) is 0 Å². The zero-order valence-corrected chi connectivity index (χ0v) is 14.7. The van der Waals surface area contributed by atoms with Crippen LogP contribution < -0.4 is 10.6 Å². The van der Waals surface area contributed by atoms with Crippen LogP contribution in [0.2, 0.25) is 0 Å². The molecule has 0 radical (unpaired) electrons. The van der Waals surface area contributed by atoms with Gasteiger partial charge in [-0.2, -0.15) is 0 Å². The van der Waals surface area contributed by atoms with E-state index in [0.717, 1.165) is 39.0 Å². The summed E-state index contributed by atoms with van der Waals surface area (Å²) in [6, 6.07) is 9.71. The number of hydrogen-bond donors (Lipinski definition) is 3. The molecule has 5 heteroatoms. The zero-order valence-electron chi connectivity index (χ0n) is 14.7. The summed E-state index contributed by atoms with van der Waals surface area (Å²) in [6.45, 7) is 4.29. The van der Waals surface area contributed by atoms with Gasteiger partial charge in [0.2, 0.25) is 0 Å². The molecule has 2 atom stereocenters. The number of β-amino-alcohol motifs (C(OH)–C–C–N with tert-alkyl or cyclic N) is 1. The first-order chi connectivity index (χ1) is 11.8. The number of anilines is 1. The number of para-hydroxylation sites is 1. The Bertz CT molecular complexity index is 503. The van der Waals surface area contributed by atoms with Crippen molar-refractivity contribution in [2.24, 2.45) is 0 Å². The number of methoxy groups -OCH3 is 1. The molecule has 3 N–H and O–H groups in total. The maximum atomic E-state index is 9.88. The van der Waals surface area contributed by atoms with Crippen molar-refractivity contribution in [1.82, 2.24) is 10.2 Å². The van der Waals surface area contributed by atoms with E-state index in [9.17, 15) is 5.11 Å². The molecule has 0 aromatic heterocycles. The lowest BCUT2D eigenvalue weighted by molar-refractivity contribution is 0.0307. The summed E-state index contributed by atoms with van der Waals surface area (Å²) in [5.41, 5.74) is 2.69. The molecule has 3 rings (SSSR count). The van der Waals surface area contributed by atoms with E-state index >= 15 is 0 Å². The maximum Gasteiger partial charge on any atom is 0.0900 e. The monoisotopic (exact) mass is 333 g/mol. The normalized spacial score (nSPS) is 24.0. The van der Waals surface area contributed by atoms with Gasteiger partial charge in [-0.1, -0.05) is 18.2 Å². The van der Waals surface area contributed by atoms with E-state index < -0.39 is 0 Å². The lowest BCUT2D eigenvalue weighted by atomic mass is 9.97.